The van der Waals surface area contributed by atoms with Gasteiger partial charge in [-0.25, -0.2) is 4.98 Å². The van der Waals surface area contributed by atoms with Gasteiger partial charge < -0.3 is 15.1 Å². The fraction of sp³-hybridized carbons (Fsp3) is 0.455. The minimum Gasteiger partial charge on any atom is -0.343 e. The van der Waals surface area contributed by atoms with Crippen LogP contribution in [0.25, 0.3) is 0 Å². The highest BCUT2D eigenvalue weighted by Crippen LogP contribution is 2.29. The summed E-state index contributed by atoms with van der Waals surface area (Å²) in [7, 11) is 0. The number of likely N-dealkylation sites (N-methyl/N-ethyl adjacent to an activating group) is 1. The molecule has 1 aromatic heterocycles. The van der Waals surface area contributed by atoms with Gasteiger partial charge in [0, 0.05) is 30.1 Å². The molecule has 1 saturated carbocycles. The van der Waals surface area contributed by atoms with E-state index in [1.165, 1.54) is 11.3 Å². The lowest BCUT2D eigenvalue weighted by atomic mass is 10.1. The van der Waals surface area contributed by atoms with Crippen molar-refractivity contribution in [2.75, 3.05) is 25.0 Å². The van der Waals surface area contributed by atoms with Gasteiger partial charge in [0.1, 0.15) is 6.54 Å². The average Bonchev–Trinajstić information content (AvgIpc) is 3.48. The number of carbonyl (C=O) groups excluding carboxylic acids is 3. The highest BCUT2D eigenvalue weighted by Gasteiger charge is 2.34. The van der Waals surface area contributed by atoms with Gasteiger partial charge in [-0.3, -0.25) is 14.4 Å². The van der Waals surface area contributed by atoms with Crippen LogP contribution in [-0.2, 0) is 16.0 Å². The number of hydrogen-bond acceptors (Lipinski definition) is 5. The van der Waals surface area contributed by atoms with E-state index in [9.17, 15) is 14.4 Å². The second-order valence-corrected chi connectivity index (χ2v) is 8.27. The molecular formula is C22H28N4O3S. The van der Waals surface area contributed by atoms with Gasteiger partial charge in [-0.1, -0.05) is 18.2 Å². The van der Waals surface area contributed by atoms with Crippen molar-refractivity contribution < 1.29 is 14.4 Å². The number of rotatable bonds is 9. The lowest BCUT2D eigenvalue weighted by Gasteiger charge is -2.22. The number of nitrogens with one attached hydrogen (secondary N) is 1. The largest absolute Gasteiger partial charge is 0.343 e. The minimum absolute atomic E-state index is 0.00880. The summed E-state index contributed by atoms with van der Waals surface area (Å²) in [5.74, 6) is -0.373. The Hall–Kier alpha value is -2.74. The molecule has 30 heavy (non-hydrogen) atoms. The van der Waals surface area contributed by atoms with Gasteiger partial charge >= 0.3 is 0 Å². The molecule has 3 rings (SSSR count). The Morgan fingerprint density at radius 2 is 1.87 bits per heavy atom. The molecule has 160 valence electrons. The number of hydrogen-bond donors (Lipinski definition) is 1. The van der Waals surface area contributed by atoms with Crippen LogP contribution in [0.5, 0.6) is 0 Å². The molecule has 0 radical (unpaired) electrons. The summed E-state index contributed by atoms with van der Waals surface area (Å²) in [6.45, 7) is 7.10. The zero-order valence-electron chi connectivity index (χ0n) is 17.7. The summed E-state index contributed by atoms with van der Waals surface area (Å²) in [6, 6.07) is 7.54. The van der Waals surface area contributed by atoms with Crippen molar-refractivity contribution in [1.82, 2.24) is 14.8 Å². The predicted octanol–water partition coefficient (Wildman–Crippen LogP) is 3.11. The van der Waals surface area contributed by atoms with Gasteiger partial charge in [0.2, 0.25) is 11.8 Å². The highest BCUT2D eigenvalue weighted by molar-refractivity contribution is 7.13. The van der Waals surface area contributed by atoms with E-state index >= 15 is 0 Å². The number of aromatic nitrogens is 1. The Morgan fingerprint density at radius 1 is 1.17 bits per heavy atom. The van der Waals surface area contributed by atoms with Crippen molar-refractivity contribution in [2.24, 2.45) is 0 Å². The third-order valence-corrected chi connectivity index (χ3v) is 5.99. The van der Waals surface area contributed by atoms with Crippen molar-refractivity contribution in [2.45, 2.75) is 46.1 Å². The number of thiazole rings is 1. The zero-order chi connectivity index (χ0) is 21.7. The minimum atomic E-state index is -0.278. The van der Waals surface area contributed by atoms with Crippen molar-refractivity contribution in [1.29, 1.82) is 0 Å². The van der Waals surface area contributed by atoms with Crippen molar-refractivity contribution in [3.05, 3.63) is 46.5 Å². The summed E-state index contributed by atoms with van der Waals surface area (Å²) < 4.78 is 0. The van der Waals surface area contributed by atoms with Crippen LogP contribution in [0.4, 0.5) is 5.13 Å². The Kier molecular flexibility index (Phi) is 7.20. The quantitative estimate of drug-likeness (QED) is 0.665. The Balaban J connectivity index is 1.60. The number of benzene rings is 1. The highest BCUT2D eigenvalue weighted by atomic mass is 32.1. The fourth-order valence-corrected chi connectivity index (χ4v) is 4.05. The van der Waals surface area contributed by atoms with Gasteiger partial charge in [-0.05, 0) is 45.2 Å². The first-order valence-corrected chi connectivity index (χ1v) is 11.2. The standard InChI is InChI=1S/C22H28N4O3S/c1-4-25(5-2)20(28)12-16-14-30-22(23-16)24-19(27)13-26(17-10-11-17)21(29)18-9-7-6-8-15(18)3/h6-9,14,17H,4-5,10-13H2,1-3H3,(H,23,24,27). The summed E-state index contributed by atoms with van der Waals surface area (Å²) >= 11 is 1.29. The first kappa shape index (κ1) is 22.0. The zero-order valence-corrected chi connectivity index (χ0v) is 18.5. The van der Waals surface area contributed by atoms with Gasteiger partial charge in [0.05, 0.1) is 12.1 Å². The molecule has 0 unspecified atom stereocenters. The maximum absolute atomic E-state index is 13.0. The van der Waals surface area contributed by atoms with E-state index < -0.39 is 0 Å². The molecule has 8 heteroatoms. The maximum atomic E-state index is 13.0. The molecule has 7 nitrogen and oxygen atoms in total. The first-order valence-electron chi connectivity index (χ1n) is 10.3. The smallest absolute Gasteiger partial charge is 0.254 e. The third-order valence-electron chi connectivity index (χ3n) is 5.18. The second kappa shape index (κ2) is 9.84. The van der Waals surface area contributed by atoms with Crippen LogP contribution in [0.1, 0.15) is 48.3 Å². The molecular weight excluding hydrogens is 400 g/mol. The molecule has 3 amide bonds. The molecule has 0 aliphatic heterocycles. The lowest BCUT2D eigenvalue weighted by Crippen LogP contribution is -2.39. The molecule has 0 atom stereocenters. The molecule has 1 aromatic carbocycles. The summed E-state index contributed by atoms with van der Waals surface area (Å²) in [5, 5.41) is 5.01. The Labute approximate surface area is 181 Å². The van der Waals surface area contributed by atoms with Crippen LogP contribution in [0.3, 0.4) is 0 Å². The van der Waals surface area contributed by atoms with Crippen LogP contribution in [-0.4, -0.2) is 58.2 Å². The average molecular weight is 429 g/mol. The van der Waals surface area contributed by atoms with E-state index in [0.29, 0.717) is 29.5 Å². The van der Waals surface area contributed by atoms with Crippen LogP contribution in [0.2, 0.25) is 0 Å². The van der Waals surface area contributed by atoms with E-state index in [1.54, 1.807) is 21.2 Å². The van der Waals surface area contributed by atoms with Crippen LogP contribution in [0, 0.1) is 6.92 Å². The van der Waals surface area contributed by atoms with E-state index in [-0.39, 0.29) is 36.7 Å². The van der Waals surface area contributed by atoms with Gasteiger partial charge in [-0.2, -0.15) is 0 Å². The molecule has 1 N–H and O–H groups in total. The van der Waals surface area contributed by atoms with E-state index in [1.807, 2.05) is 39.0 Å². The van der Waals surface area contributed by atoms with E-state index in [0.717, 1.165) is 18.4 Å². The molecule has 1 fully saturated rings. The molecule has 1 aliphatic rings. The Morgan fingerprint density at radius 3 is 2.50 bits per heavy atom. The summed E-state index contributed by atoms with van der Waals surface area (Å²) in [4.78, 5) is 45.6. The van der Waals surface area contributed by atoms with Crippen LogP contribution >= 0.6 is 11.3 Å². The van der Waals surface area contributed by atoms with Gasteiger partial charge in [-0.15, -0.1) is 11.3 Å². The third kappa shape index (κ3) is 5.44. The molecule has 2 aromatic rings. The summed E-state index contributed by atoms with van der Waals surface area (Å²) in [6.07, 6.45) is 2.05. The topological polar surface area (TPSA) is 82.6 Å². The SMILES string of the molecule is CCN(CC)C(=O)Cc1csc(NC(=O)CN(C(=O)c2ccccc2C)C2CC2)n1. The molecule has 0 spiro atoms. The molecule has 1 aliphatic carbocycles. The number of aryl methyl sites for hydroxylation is 1. The van der Waals surface area contributed by atoms with Gasteiger partial charge in [0.15, 0.2) is 5.13 Å². The molecule has 1 heterocycles. The van der Waals surface area contributed by atoms with Crippen LogP contribution < -0.4 is 5.32 Å². The normalized spacial score (nSPS) is 13.0. The lowest BCUT2D eigenvalue weighted by molar-refractivity contribution is -0.130. The Bertz CT molecular complexity index is 919. The maximum Gasteiger partial charge on any atom is 0.254 e. The van der Waals surface area contributed by atoms with E-state index in [4.69, 9.17) is 0 Å². The number of carbonyl (C=O) groups is 3. The first-order chi connectivity index (χ1) is 14.4. The van der Waals surface area contributed by atoms with Crippen molar-refractivity contribution in [3.8, 4) is 0 Å². The van der Waals surface area contributed by atoms with Crippen molar-refractivity contribution >= 4 is 34.2 Å². The summed E-state index contributed by atoms with van der Waals surface area (Å²) in [5.41, 5.74) is 2.17. The van der Waals surface area contributed by atoms with Gasteiger partial charge in [0.25, 0.3) is 5.91 Å². The predicted molar refractivity (Wildman–Crippen MR) is 118 cm³/mol. The monoisotopic (exact) mass is 428 g/mol. The second-order valence-electron chi connectivity index (χ2n) is 7.41. The number of amides is 3. The number of anilines is 1. The van der Waals surface area contributed by atoms with Crippen LogP contribution in [0.15, 0.2) is 29.6 Å². The van der Waals surface area contributed by atoms with Crippen molar-refractivity contribution in [3.63, 3.8) is 0 Å². The molecule has 0 bridgehead atoms. The van der Waals surface area contributed by atoms with E-state index in [2.05, 4.69) is 10.3 Å². The fourth-order valence-electron chi connectivity index (χ4n) is 3.32. The number of nitrogens with zero attached hydrogens (tertiary/aromatic N) is 3. The molecule has 0 saturated heterocycles.